The summed E-state index contributed by atoms with van der Waals surface area (Å²) in [6.45, 7) is 1.24. The first kappa shape index (κ1) is 20.5. The van der Waals surface area contributed by atoms with Gasteiger partial charge in [0.2, 0.25) is 5.43 Å². The van der Waals surface area contributed by atoms with Gasteiger partial charge in [0.05, 0.1) is 11.2 Å². The van der Waals surface area contributed by atoms with Crippen LogP contribution < -0.4 is 16.1 Å². The molecule has 6 nitrogen and oxygen atoms in total. The smallest absolute Gasteiger partial charge is 0.341 e. The van der Waals surface area contributed by atoms with Gasteiger partial charge in [-0.2, -0.15) is 0 Å². The number of aromatic nitrogens is 1. The molecule has 1 saturated carbocycles. The van der Waals surface area contributed by atoms with E-state index in [0.29, 0.717) is 24.3 Å². The Hall–Kier alpha value is -1.83. The highest BCUT2D eigenvalue weighted by atomic mass is 35.5. The number of aromatic carboxylic acids is 1. The second-order valence-electron chi connectivity index (χ2n) is 6.63. The van der Waals surface area contributed by atoms with E-state index >= 15 is 0 Å². The fraction of sp³-hybridized carbons (Fsp3) is 0.412. The summed E-state index contributed by atoms with van der Waals surface area (Å²) in [5.74, 6) is -1.80. The van der Waals surface area contributed by atoms with Crippen molar-refractivity contribution in [3.8, 4) is 0 Å². The minimum Gasteiger partial charge on any atom is -0.477 e. The van der Waals surface area contributed by atoms with Crippen LogP contribution in [-0.2, 0) is 0 Å². The van der Waals surface area contributed by atoms with Gasteiger partial charge in [-0.3, -0.25) is 4.79 Å². The first-order valence-electron chi connectivity index (χ1n) is 8.08. The van der Waals surface area contributed by atoms with Crippen molar-refractivity contribution in [3.05, 3.63) is 39.9 Å². The average Bonchev–Trinajstić information content (AvgIpc) is 3.28. The zero-order chi connectivity index (χ0) is 17.0. The molecule has 1 aromatic heterocycles. The molecule has 0 radical (unpaired) electrons. The highest BCUT2D eigenvalue weighted by molar-refractivity contribution is 5.93. The molecule has 1 aliphatic carbocycles. The van der Waals surface area contributed by atoms with Gasteiger partial charge in [0, 0.05) is 36.8 Å². The number of halogens is 3. The third-order valence-electron chi connectivity index (χ3n) is 4.84. The van der Waals surface area contributed by atoms with E-state index in [2.05, 4.69) is 0 Å². The average molecular weight is 404 g/mol. The van der Waals surface area contributed by atoms with Crippen molar-refractivity contribution in [1.29, 1.82) is 0 Å². The zero-order valence-electron chi connectivity index (χ0n) is 13.9. The van der Waals surface area contributed by atoms with E-state index in [4.69, 9.17) is 5.73 Å². The highest BCUT2D eigenvalue weighted by Gasteiger charge is 2.28. The van der Waals surface area contributed by atoms with E-state index in [9.17, 15) is 19.1 Å². The second-order valence-corrected chi connectivity index (χ2v) is 6.63. The Labute approximate surface area is 161 Å². The third kappa shape index (κ3) is 3.39. The van der Waals surface area contributed by atoms with Gasteiger partial charge in [-0.25, -0.2) is 9.18 Å². The van der Waals surface area contributed by atoms with Gasteiger partial charge in [0.1, 0.15) is 11.4 Å². The molecule has 3 N–H and O–H groups in total. The number of carboxylic acids is 1. The Bertz CT molecular complexity index is 914. The molecule has 1 saturated heterocycles. The minimum atomic E-state index is -1.29. The molecule has 1 atom stereocenters. The van der Waals surface area contributed by atoms with Crippen molar-refractivity contribution < 1.29 is 14.3 Å². The van der Waals surface area contributed by atoms with Crippen LogP contribution in [0.2, 0.25) is 0 Å². The van der Waals surface area contributed by atoms with Gasteiger partial charge in [0.25, 0.3) is 0 Å². The Morgan fingerprint density at radius 3 is 2.46 bits per heavy atom. The largest absolute Gasteiger partial charge is 0.477 e. The van der Waals surface area contributed by atoms with Crippen LogP contribution in [0.15, 0.2) is 23.1 Å². The predicted molar refractivity (Wildman–Crippen MR) is 103 cm³/mol. The first-order chi connectivity index (χ1) is 11.5. The number of fused-ring (bicyclic) bond motifs is 1. The molecule has 4 rings (SSSR count). The molecule has 26 heavy (non-hydrogen) atoms. The van der Waals surface area contributed by atoms with Crippen LogP contribution >= 0.6 is 24.8 Å². The van der Waals surface area contributed by atoms with Gasteiger partial charge in [0.15, 0.2) is 0 Å². The minimum absolute atomic E-state index is 0. The van der Waals surface area contributed by atoms with Crippen LogP contribution in [-0.4, -0.2) is 34.8 Å². The van der Waals surface area contributed by atoms with Gasteiger partial charge >= 0.3 is 5.97 Å². The zero-order valence-corrected chi connectivity index (χ0v) is 15.5. The van der Waals surface area contributed by atoms with Crippen molar-refractivity contribution in [2.45, 2.75) is 31.3 Å². The lowest BCUT2D eigenvalue weighted by atomic mass is 10.1. The maximum atomic E-state index is 14.6. The molecule has 2 aromatic rings. The molecular formula is C17H20Cl2FN3O3. The number of pyridine rings is 1. The number of hydrogen-bond acceptors (Lipinski definition) is 4. The quantitative estimate of drug-likeness (QED) is 0.821. The van der Waals surface area contributed by atoms with E-state index in [0.717, 1.165) is 19.3 Å². The molecule has 1 aliphatic heterocycles. The van der Waals surface area contributed by atoms with Crippen molar-refractivity contribution in [2.75, 3.05) is 18.0 Å². The van der Waals surface area contributed by atoms with Crippen LogP contribution in [0.1, 0.15) is 35.7 Å². The summed E-state index contributed by atoms with van der Waals surface area (Å²) in [6.07, 6.45) is 4.05. The molecule has 2 fully saturated rings. The first-order valence-corrected chi connectivity index (χ1v) is 8.08. The predicted octanol–water partition coefficient (Wildman–Crippen LogP) is 2.55. The number of carbonyl (C=O) groups is 1. The molecule has 142 valence electrons. The fourth-order valence-electron chi connectivity index (χ4n) is 3.41. The topological polar surface area (TPSA) is 88.6 Å². The summed E-state index contributed by atoms with van der Waals surface area (Å²) in [4.78, 5) is 25.6. The van der Waals surface area contributed by atoms with Crippen molar-refractivity contribution in [2.24, 2.45) is 5.73 Å². The van der Waals surface area contributed by atoms with Gasteiger partial charge in [-0.15, -0.1) is 24.8 Å². The molecule has 1 unspecified atom stereocenters. The standard InChI is InChI=1S/C17H18FN3O3.2ClH/c18-13-5-11-14(6-15(13)20-4-3-9(19)7-20)21(10-1-2-10)8-12(16(11)22)17(23)24;;/h5-6,8-10H,1-4,7,19H2,(H,23,24);2*1H. The van der Waals surface area contributed by atoms with Crippen LogP contribution in [0, 0.1) is 5.82 Å². The second kappa shape index (κ2) is 7.42. The lowest BCUT2D eigenvalue weighted by Gasteiger charge is -2.21. The number of nitrogens with zero attached hydrogens (tertiary/aromatic N) is 2. The Morgan fingerprint density at radius 1 is 1.23 bits per heavy atom. The maximum absolute atomic E-state index is 14.6. The van der Waals surface area contributed by atoms with E-state index in [1.54, 1.807) is 10.6 Å². The summed E-state index contributed by atoms with van der Waals surface area (Å²) in [7, 11) is 0. The lowest BCUT2D eigenvalue weighted by molar-refractivity contribution is 0.0695. The highest BCUT2D eigenvalue weighted by Crippen LogP contribution is 2.38. The summed E-state index contributed by atoms with van der Waals surface area (Å²) in [5, 5.41) is 9.37. The molecule has 2 aliphatic rings. The van der Waals surface area contributed by atoms with E-state index in [1.807, 2.05) is 4.90 Å². The van der Waals surface area contributed by atoms with Gasteiger partial charge < -0.3 is 20.3 Å². The molecule has 9 heteroatoms. The van der Waals surface area contributed by atoms with Crippen molar-refractivity contribution in [3.63, 3.8) is 0 Å². The van der Waals surface area contributed by atoms with Crippen molar-refractivity contribution in [1.82, 2.24) is 4.57 Å². The number of anilines is 1. The molecular weight excluding hydrogens is 384 g/mol. The van der Waals surface area contributed by atoms with Crippen LogP contribution in [0.5, 0.6) is 0 Å². The van der Waals surface area contributed by atoms with Crippen LogP contribution in [0.3, 0.4) is 0 Å². The Kier molecular flexibility index (Phi) is 5.85. The maximum Gasteiger partial charge on any atom is 0.341 e. The monoisotopic (exact) mass is 403 g/mol. The lowest BCUT2D eigenvalue weighted by Crippen LogP contribution is -2.27. The summed E-state index contributed by atoms with van der Waals surface area (Å²) < 4.78 is 16.4. The molecule has 0 amide bonds. The molecule has 0 spiro atoms. The number of benzene rings is 1. The SMILES string of the molecule is Cl.Cl.NC1CCN(c2cc3c(cc2F)c(=O)c(C(=O)O)cn3C2CC2)C1. The number of nitrogens with two attached hydrogens (primary N) is 1. The van der Waals surface area contributed by atoms with E-state index in [-0.39, 0.29) is 47.8 Å². The number of rotatable bonds is 3. The Balaban J connectivity index is 0.00000121. The van der Waals surface area contributed by atoms with Gasteiger partial charge in [-0.05, 0) is 31.4 Å². The van der Waals surface area contributed by atoms with Crippen LogP contribution in [0.4, 0.5) is 10.1 Å². The molecule has 0 bridgehead atoms. The fourth-order valence-corrected chi connectivity index (χ4v) is 3.41. The van der Waals surface area contributed by atoms with E-state index in [1.165, 1.54) is 12.3 Å². The molecule has 1 aromatic carbocycles. The summed E-state index contributed by atoms with van der Waals surface area (Å²) >= 11 is 0. The van der Waals surface area contributed by atoms with Gasteiger partial charge in [-0.1, -0.05) is 0 Å². The molecule has 2 heterocycles. The van der Waals surface area contributed by atoms with Crippen molar-refractivity contribution >= 4 is 47.4 Å². The summed E-state index contributed by atoms with van der Waals surface area (Å²) in [6, 6.07) is 3.02. The summed E-state index contributed by atoms with van der Waals surface area (Å²) in [5.41, 5.74) is 5.96. The third-order valence-corrected chi connectivity index (χ3v) is 4.84. The van der Waals surface area contributed by atoms with E-state index < -0.39 is 17.2 Å². The normalized spacial score (nSPS) is 19.2. The number of hydrogen-bond donors (Lipinski definition) is 2. The Morgan fingerprint density at radius 2 is 1.92 bits per heavy atom. The number of carboxylic acid groups (broad SMARTS) is 1. The van der Waals surface area contributed by atoms with Crippen LogP contribution in [0.25, 0.3) is 10.9 Å².